The number of allylic oxidation sites excluding steroid dienone is 8. The largest absolute Gasteiger partial charge is 0.367 e. The SMILES string of the molecule is CCCCCCN(Cc1ccc(CN(CCCCCC)c2ccc(/C=C/C=C(\C#N)C(=C(C#N)C#N)N3C(=O)c4ccccc4C3=O)cc2)cc1)c1ccc(/C=C/C=C(\C#N)C(=C(C#N)C#N)N2C(=O)c3ccccc3C2=O)cc1. The summed E-state index contributed by atoms with van der Waals surface area (Å²) in [5, 5.41) is 59.6. The molecule has 0 saturated carbocycles. The number of imide groups is 2. The van der Waals surface area contributed by atoms with Gasteiger partial charge in [0.1, 0.15) is 36.4 Å². The fraction of sp³-hybridized carbons (Fsp3) is 0.212. The van der Waals surface area contributed by atoms with E-state index in [1.807, 2.05) is 60.7 Å². The number of anilines is 2. The normalized spacial score (nSPS) is 12.8. The third kappa shape index (κ3) is 13.3. The van der Waals surface area contributed by atoms with Crippen LogP contribution in [0.3, 0.4) is 0 Å². The number of unbranched alkanes of at least 4 members (excludes halogenated alkanes) is 6. The number of fused-ring (bicyclic) bond motifs is 2. The molecule has 5 aromatic carbocycles. The summed E-state index contributed by atoms with van der Waals surface area (Å²) < 4.78 is 0. The molecule has 394 valence electrons. The molecule has 0 unspecified atom stereocenters. The van der Waals surface area contributed by atoms with Gasteiger partial charge in [-0.15, -0.1) is 0 Å². The van der Waals surface area contributed by atoms with E-state index in [1.165, 1.54) is 36.4 Å². The van der Waals surface area contributed by atoms with E-state index in [-0.39, 0.29) is 44.8 Å². The van der Waals surface area contributed by atoms with Gasteiger partial charge in [0.2, 0.25) is 0 Å². The van der Waals surface area contributed by atoms with Gasteiger partial charge in [0.15, 0.2) is 11.1 Å². The van der Waals surface area contributed by atoms with Crippen molar-refractivity contribution in [1.29, 1.82) is 31.6 Å². The second kappa shape index (κ2) is 27.9. The molecular formula is C66H56N10O4. The molecule has 80 heavy (non-hydrogen) atoms. The molecule has 14 heteroatoms. The van der Waals surface area contributed by atoms with E-state index < -0.39 is 34.8 Å². The number of benzene rings is 5. The maximum atomic E-state index is 13.3. The van der Waals surface area contributed by atoms with Crippen molar-refractivity contribution >= 4 is 47.2 Å². The van der Waals surface area contributed by atoms with E-state index in [0.717, 1.165) is 108 Å². The van der Waals surface area contributed by atoms with Gasteiger partial charge < -0.3 is 9.80 Å². The fourth-order valence-electron chi connectivity index (χ4n) is 9.47. The molecule has 0 fully saturated rings. The Hall–Kier alpha value is -10.6. The summed E-state index contributed by atoms with van der Waals surface area (Å²) in [4.78, 5) is 59.6. The molecule has 4 amide bonds. The molecule has 0 radical (unpaired) electrons. The first-order chi connectivity index (χ1) is 39.0. The Labute approximate surface area is 467 Å². The van der Waals surface area contributed by atoms with Crippen LogP contribution in [0, 0.1) is 68.0 Å². The van der Waals surface area contributed by atoms with Gasteiger partial charge in [0.05, 0.1) is 44.8 Å². The Morgan fingerprint density at radius 1 is 0.425 bits per heavy atom. The molecule has 5 aromatic rings. The van der Waals surface area contributed by atoms with Crippen LogP contribution in [0.15, 0.2) is 179 Å². The van der Waals surface area contributed by atoms with Crippen LogP contribution in [-0.4, -0.2) is 46.5 Å². The molecule has 0 atom stereocenters. The first-order valence-corrected chi connectivity index (χ1v) is 26.4. The van der Waals surface area contributed by atoms with E-state index >= 15 is 0 Å². The lowest BCUT2D eigenvalue weighted by molar-refractivity contribution is 0.0691. The van der Waals surface area contributed by atoms with Gasteiger partial charge in [-0.1, -0.05) is 149 Å². The van der Waals surface area contributed by atoms with Crippen molar-refractivity contribution in [3.05, 3.63) is 224 Å². The highest BCUT2D eigenvalue weighted by molar-refractivity contribution is 6.24. The van der Waals surface area contributed by atoms with Gasteiger partial charge in [-0.3, -0.25) is 19.2 Å². The Kier molecular flexibility index (Phi) is 19.9. The Morgan fingerprint density at radius 2 is 0.750 bits per heavy atom. The van der Waals surface area contributed by atoms with E-state index in [2.05, 4.69) is 47.9 Å². The predicted molar refractivity (Wildman–Crippen MR) is 306 cm³/mol. The standard InChI is InChI=1S/C66H56N10O4/c1-3-5-7-13-37-73(55-33-29-47(30-34-55)17-15-19-51(39-67)61(53(41-69)42-70)75-63(77)57-21-9-10-22-58(57)64(75)78)45-49-25-27-50(28-26-49)46-74(38-14-8-6-4-2)56-35-31-48(32-36-56)18-16-20-52(40-68)62(54(43-71)44-72)76-65(79)59-23-11-12-24-60(59)66(76)80/h9-12,15-36H,3-8,13-14,37-38,45-46H2,1-2H3/b17-15+,18-16+,51-19+,52-20+. The average Bonchev–Trinajstić information content (AvgIpc) is 4.07. The number of rotatable bonds is 24. The minimum absolute atomic E-state index is 0.122. The lowest BCUT2D eigenvalue weighted by Crippen LogP contribution is -2.30. The van der Waals surface area contributed by atoms with Crippen LogP contribution in [0.25, 0.3) is 12.2 Å². The van der Waals surface area contributed by atoms with Gasteiger partial charge in [-0.25, -0.2) is 9.80 Å². The van der Waals surface area contributed by atoms with E-state index in [0.29, 0.717) is 13.1 Å². The first-order valence-electron chi connectivity index (χ1n) is 26.4. The molecule has 0 bridgehead atoms. The van der Waals surface area contributed by atoms with Crippen LogP contribution >= 0.6 is 0 Å². The average molecular weight is 1050 g/mol. The number of amides is 4. The second-order valence-electron chi connectivity index (χ2n) is 18.9. The highest BCUT2D eigenvalue weighted by atomic mass is 16.2. The van der Waals surface area contributed by atoms with E-state index in [4.69, 9.17) is 0 Å². The Bertz CT molecular complexity index is 3290. The number of hydrogen-bond donors (Lipinski definition) is 0. The van der Waals surface area contributed by atoms with Crippen molar-refractivity contribution < 1.29 is 19.2 Å². The molecule has 0 spiro atoms. The topological polar surface area (TPSA) is 224 Å². The molecule has 0 aliphatic carbocycles. The summed E-state index contributed by atoms with van der Waals surface area (Å²) >= 11 is 0. The summed E-state index contributed by atoms with van der Waals surface area (Å²) in [6.07, 6.45) is 18.2. The molecule has 2 aliphatic rings. The molecule has 14 nitrogen and oxygen atoms in total. The summed E-state index contributed by atoms with van der Waals surface area (Å²) in [5.41, 5.74) is 4.32. The second-order valence-corrected chi connectivity index (χ2v) is 18.9. The monoisotopic (exact) mass is 1050 g/mol. The number of hydrogen-bond acceptors (Lipinski definition) is 12. The lowest BCUT2D eigenvalue weighted by Gasteiger charge is -2.27. The van der Waals surface area contributed by atoms with Gasteiger partial charge in [0.25, 0.3) is 23.6 Å². The lowest BCUT2D eigenvalue weighted by atomic mass is 10.1. The van der Waals surface area contributed by atoms with Crippen molar-refractivity contribution in [3.63, 3.8) is 0 Å². The highest BCUT2D eigenvalue weighted by Gasteiger charge is 2.41. The van der Waals surface area contributed by atoms with Crippen LogP contribution in [0.4, 0.5) is 11.4 Å². The van der Waals surface area contributed by atoms with Gasteiger partial charge in [-0.05, 0) is 95.8 Å². The summed E-state index contributed by atoms with van der Waals surface area (Å²) in [6, 6.07) is 48.0. The number of carbonyl (C=O) groups is 4. The van der Waals surface area contributed by atoms with Gasteiger partial charge in [0, 0.05) is 37.6 Å². The number of nitriles is 6. The Morgan fingerprint density at radius 3 is 1.04 bits per heavy atom. The van der Waals surface area contributed by atoms with Crippen molar-refractivity contribution in [2.24, 2.45) is 0 Å². The fourth-order valence-corrected chi connectivity index (χ4v) is 9.47. The number of carbonyl (C=O) groups excluding carboxylic acids is 4. The van der Waals surface area contributed by atoms with Crippen molar-refractivity contribution in [1.82, 2.24) is 9.80 Å². The van der Waals surface area contributed by atoms with Crippen LogP contribution in [-0.2, 0) is 13.1 Å². The Balaban J connectivity index is 1.05. The van der Waals surface area contributed by atoms with E-state index in [1.54, 1.807) is 72.8 Å². The molecule has 7 rings (SSSR count). The smallest absolute Gasteiger partial charge is 0.266 e. The number of nitrogens with zero attached hydrogens (tertiary/aromatic N) is 10. The van der Waals surface area contributed by atoms with Gasteiger partial charge >= 0.3 is 0 Å². The maximum Gasteiger partial charge on any atom is 0.266 e. The third-order valence-electron chi connectivity index (χ3n) is 13.7. The minimum Gasteiger partial charge on any atom is -0.367 e. The first kappa shape index (κ1) is 57.1. The maximum absolute atomic E-state index is 13.3. The predicted octanol–water partition coefficient (Wildman–Crippen LogP) is 13.0. The summed E-state index contributed by atoms with van der Waals surface area (Å²) in [5.74, 6) is -2.87. The zero-order valence-electron chi connectivity index (χ0n) is 44.6. The molecule has 2 heterocycles. The zero-order valence-corrected chi connectivity index (χ0v) is 44.6. The van der Waals surface area contributed by atoms with Crippen LogP contribution in [0.5, 0.6) is 0 Å². The quantitative estimate of drug-likeness (QED) is 0.0243. The van der Waals surface area contributed by atoms with Crippen LogP contribution in [0.2, 0.25) is 0 Å². The van der Waals surface area contributed by atoms with Gasteiger partial charge in [-0.2, -0.15) is 31.6 Å². The molecular weight excluding hydrogens is 997 g/mol. The summed E-state index contributed by atoms with van der Waals surface area (Å²) in [6.45, 7) is 7.44. The summed E-state index contributed by atoms with van der Waals surface area (Å²) in [7, 11) is 0. The van der Waals surface area contributed by atoms with E-state index in [9.17, 15) is 50.7 Å². The zero-order chi connectivity index (χ0) is 57.0. The van der Waals surface area contributed by atoms with Crippen molar-refractivity contribution in [2.45, 2.75) is 78.3 Å². The molecule has 0 N–H and O–H groups in total. The highest BCUT2D eigenvalue weighted by Crippen LogP contribution is 2.33. The van der Waals surface area contributed by atoms with Crippen LogP contribution in [0.1, 0.15) is 129 Å². The molecule has 0 saturated heterocycles. The van der Waals surface area contributed by atoms with Crippen LogP contribution < -0.4 is 9.80 Å². The molecule has 0 aromatic heterocycles. The minimum atomic E-state index is -0.718. The molecule has 2 aliphatic heterocycles. The van der Waals surface area contributed by atoms with Crippen molar-refractivity contribution in [3.8, 4) is 36.4 Å². The van der Waals surface area contributed by atoms with Crippen molar-refractivity contribution in [2.75, 3.05) is 22.9 Å². The third-order valence-corrected chi connectivity index (χ3v) is 13.7.